The third-order valence-corrected chi connectivity index (χ3v) is 7.41. The van der Waals surface area contributed by atoms with Crippen molar-refractivity contribution < 1.29 is 23.9 Å². The van der Waals surface area contributed by atoms with E-state index in [2.05, 4.69) is 24.3 Å². The van der Waals surface area contributed by atoms with Gasteiger partial charge in [-0.2, -0.15) is 0 Å². The first-order valence-corrected chi connectivity index (χ1v) is 11.4. The van der Waals surface area contributed by atoms with Crippen LogP contribution in [0, 0.1) is 11.8 Å². The zero-order chi connectivity index (χ0) is 23.4. The fraction of sp³-hybridized carbons (Fsp3) is 0.250. The molecular formula is C28H23NO5. The second kappa shape index (κ2) is 7.83. The molecule has 1 saturated heterocycles. The summed E-state index contributed by atoms with van der Waals surface area (Å²) >= 11 is 0. The van der Waals surface area contributed by atoms with Crippen LogP contribution < -0.4 is 4.74 Å². The molecule has 1 fully saturated rings. The first kappa shape index (κ1) is 20.7. The highest BCUT2D eigenvalue weighted by Gasteiger charge is 2.61. The number of imide groups is 1. The molecule has 0 aromatic heterocycles. The lowest BCUT2D eigenvalue weighted by Crippen LogP contribution is -2.41. The Bertz CT molecular complexity index is 1200. The number of carbonyl (C=O) groups excluding carboxylic acids is 3. The van der Waals surface area contributed by atoms with Gasteiger partial charge in [-0.1, -0.05) is 48.5 Å². The van der Waals surface area contributed by atoms with Crippen LogP contribution in [-0.4, -0.2) is 42.9 Å². The lowest BCUT2D eigenvalue weighted by Gasteiger charge is -2.45. The summed E-state index contributed by atoms with van der Waals surface area (Å²) in [5.41, 5.74) is 4.95. The minimum atomic E-state index is -0.501. The van der Waals surface area contributed by atoms with E-state index in [0.717, 1.165) is 22.3 Å². The number of ether oxygens (including phenoxy) is 2. The quantitative estimate of drug-likeness (QED) is 0.435. The monoisotopic (exact) mass is 453 g/mol. The Morgan fingerprint density at radius 3 is 1.68 bits per heavy atom. The van der Waals surface area contributed by atoms with Gasteiger partial charge in [0.15, 0.2) is 0 Å². The van der Waals surface area contributed by atoms with Crippen LogP contribution in [0.1, 0.15) is 44.4 Å². The summed E-state index contributed by atoms with van der Waals surface area (Å²) in [4.78, 5) is 40.7. The molecular weight excluding hydrogens is 430 g/mol. The molecule has 1 aliphatic heterocycles. The van der Waals surface area contributed by atoms with Crippen molar-refractivity contribution in [1.82, 2.24) is 4.90 Å². The number of likely N-dealkylation sites (tertiary alicyclic amines) is 1. The van der Waals surface area contributed by atoms with Crippen molar-refractivity contribution >= 4 is 17.8 Å². The van der Waals surface area contributed by atoms with Gasteiger partial charge in [0.1, 0.15) is 12.4 Å². The van der Waals surface area contributed by atoms with E-state index in [9.17, 15) is 14.4 Å². The Kier molecular flexibility index (Phi) is 4.76. The first-order valence-electron chi connectivity index (χ1n) is 11.4. The van der Waals surface area contributed by atoms with E-state index in [1.165, 1.54) is 4.90 Å². The van der Waals surface area contributed by atoms with Gasteiger partial charge in [0.2, 0.25) is 11.8 Å². The van der Waals surface area contributed by atoms with E-state index in [-0.39, 0.29) is 36.8 Å². The van der Waals surface area contributed by atoms with Gasteiger partial charge in [0, 0.05) is 11.8 Å². The first-order chi connectivity index (χ1) is 16.6. The average Bonchev–Trinajstić information content (AvgIpc) is 3.14. The molecule has 0 radical (unpaired) electrons. The van der Waals surface area contributed by atoms with Gasteiger partial charge >= 0.3 is 5.97 Å². The fourth-order valence-electron chi connectivity index (χ4n) is 6.00. The largest absolute Gasteiger partial charge is 0.497 e. The van der Waals surface area contributed by atoms with Gasteiger partial charge in [0.25, 0.3) is 0 Å². The maximum absolute atomic E-state index is 13.5. The van der Waals surface area contributed by atoms with Crippen LogP contribution in [0.4, 0.5) is 0 Å². The number of esters is 1. The number of hydrogen-bond acceptors (Lipinski definition) is 5. The van der Waals surface area contributed by atoms with Crippen LogP contribution >= 0.6 is 0 Å². The topological polar surface area (TPSA) is 72.9 Å². The maximum Gasteiger partial charge on any atom is 0.338 e. The summed E-state index contributed by atoms with van der Waals surface area (Å²) in [6.07, 6.45) is 0. The Balaban J connectivity index is 1.23. The van der Waals surface area contributed by atoms with Crippen molar-refractivity contribution in [1.29, 1.82) is 0 Å². The van der Waals surface area contributed by atoms with Crippen LogP contribution in [0.25, 0.3) is 0 Å². The fourth-order valence-corrected chi connectivity index (χ4v) is 6.00. The normalized spacial score (nSPS) is 23.9. The number of carbonyl (C=O) groups is 3. The van der Waals surface area contributed by atoms with Crippen molar-refractivity contribution in [2.75, 3.05) is 20.3 Å². The third-order valence-electron chi connectivity index (χ3n) is 7.41. The Hall–Kier alpha value is -3.93. The van der Waals surface area contributed by atoms with Crippen molar-refractivity contribution in [3.8, 4) is 5.75 Å². The van der Waals surface area contributed by atoms with Gasteiger partial charge in [-0.25, -0.2) is 4.79 Å². The van der Waals surface area contributed by atoms with Crippen LogP contribution in [0.15, 0.2) is 72.8 Å². The van der Waals surface area contributed by atoms with Crippen LogP contribution in [0.2, 0.25) is 0 Å². The van der Waals surface area contributed by atoms with Gasteiger partial charge in [0.05, 0.1) is 31.1 Å². The van der Waals surface area contributed by atoms with Crippen molar-refractivity contribution in [2.24, 2.45) is 11.8 Å². The Morgan fingerprint density at radius 2 is 1.24 bits per heavy atom. The molecule has 6 heteroatoms. The molecule has 3 aromatic carbocycles. The molecule has 2 atom stereocenters. The van der Waals surface area contributed by atoms with E-state index in [0.29, 0.717) is 11.3 Å². The van der Waals surface area contributed by atoms with E-state index < -0.39 is 17.8 Å². The summed E-state index contributed by atoms with van der Waals surface area (Å²) < 4.78 is 10.5. The lowest BCUT2D eigenvalue weighted by molar-refractivity contribution is -0.140. The van der Waals surface area contributed by atoms with Crippen molar-refractivity contribution in [2.45, 2.75) is 11.8 Å². The molecule has 170 valence electrons. The summed E-state index contributed by atoms with van der Waals surface area (Å²) in [5.74, 6) is -1.30. The minimum Gasteiger partial charge on any atom is -0.497 e. The molecule has 3 aliphatic carbocycles. The molecule has 6 nitrogen and oxygen atoms in total. The molecule has 1 heterocycles. The highest BCUT2D eigenvalue weighted by atomic mass is 16.5. The molecule has 0 spiro atoms. The predicted molar refractivity (Wildman–Crippen MR) is 124 cm³/mol. The van der Waals surface area contributed by atoms with Gasteiger partial charge in [-0.05, 0) is 46.5 Å². The highest BCUT2D eigenvalue weighted by Crippen LogP contribution is 2.60. The van der Waals surface area contributed by atoms with E-state index >= 15 is 0 Å². The number of amides is 2. The SMILES string of the molecule is COc1ccc(C(=O)OCCN2C(=O)[C@H]3C4c5ccccc5C(c5ccccc54)[C@@H]3C2=O)cc1. The highest BCUT2D eigenvalue weighted by molar-refractivity contribution is 6.07. The zero-order valence-electron chi connectivity index (χ0n) is 18.6. The van der Waals surface area contributed by atoms with Crippen molar-refractivity contribution in [3.05, 3.63) is 101 Å². The van der Waals surface area contributed by atoms with Crippen LogP contribution in [-0.2, 0) is 14.3 Å². The molecule has 2 bridgehead atoms. The number of rotatable bonds is 5. The zero-order valence-corrected chi connectivity index (χ0v) is 18.6. The number of nitrogens with zero attached hydrogens (tertiary/aromatic N) is 1. The van der Waals surface area contributed by atoms with Crippen LogP contribution in [0.3, 0.4) is 0 Å². The van der Waals surface area contributed by atoms with Gasteiger partial charge in [-0.3, -0.25) is 14.5 Å². The minimum absolute atomic E-state index is 0.0446. The molecule has 2 amide bonds. The average molecular weight is 453 g/mol. The van der Waals surface area contributed by atoms with Crippen molar-refractivity contribution in [3.63, 3.8) is 0 Å². The Labute approximate surface area is 197 Å². The summed E-state index contributed by atoms with van der Waals surface area (Å²) in [5, 5.41) is 0. The smallest absolute Gasteiger partial charge is 0.338 e. The maximum atomic E-state index is 13.5. The summed E-state index contributed by atoms with van der Waals surface area (Å²) in [6, 6.07) is 22.9. The van der Waals surface area contributed by atoms with E-state index in [4.69, 9.17) is 9.47 Å². The Morgan fingerprint density at radius 1 is 0.765 bits per heavy atom. The number of benzene rings is 3. The standard InChI is InChI=1S/C28H23NO5/c1-33-17-12-10-16(11-13-17)28(32)34-15-14-29-26(30)24-22-18-6-2-3-7-19(18)23(25(24)27(29)31)21-9-5-4-8-20(21)22/h2-13,22-25H,14-15H2,1H3/t22?,23?,24-,25-/m0/s1. The number of methoxy groups -OCH3 is 1. The summed E-state index contributed by atoms with van der Waals surface area (Å²) in [7, 11) is 1.55. The molecule has 4 aliphatic rings. The predicted octanol–water partition coefficient (Wildman–Crippen LogP) is 3.74. The third kappa shape index (κ3) is 2.91. The van der Waals surface area contributed by atoms with Crippen LogP contribution in [0.5, 0.6) is 5.75 Å². The lowest BCUT2D eigenvalue weighted by atomic mass is 9.55. The molecule has 0 saturated carbocycles. The van der Waals surface area contributed by atoms with E-state index in [1.807, 2.05) is 24.3 Å². The number of hydrogen-bond donors (Lipinski definition) is 0. The molecule has 3 aromatic rings. The molecule has 34 heavy (non-hydrogen) atoms. The second-order valence-electron chi connectivity index (χ2n) is 8.96. The van der Waals surface area contributed by atoms with E-state index in [1.54, 1.807) is 31.4 Å². The van der Waals surface area contributed by atoms with Gasteiger partial charge < -0.3 is 9.47 Å². The molecule has 0 N–H and O–H groups in total. The molecule has 0 unspecified atom stereocenters. The second-order valence-corrected chi connectivity index (χ2v) is 8.96. The van der Waals surface area contributed by atoms with Gasteiger partial charge in [-0.15, -0.1) is 0 Å². The summed E-state index contributed by atoms with van der Waals surface area (Å²) in [6.45, 7) is 0.00963. The molecule has 7 rings (SSSR count).